The van der Waals surface area contributed by atoms with Crippen molar-refractivity contribution in [3.8, 4) is 0 Å². The molecule has 0 saturated carbocycles. The Morgan fingerprint density at radius 1 is 1.37 bits per heavy atom. The van der Waals surface area contributed by atoms with Crippen molar-refractivity contribution in [2.45, 2.75) is 19.9 Å². The Hall–Kier alpha value is -2.61. The van der Waals surface area contributed by atoms with Crippen LogP contribution in [0.15, 0.2) is 45.5 Å². The van der Waals surface area contributed by atoms with Crippen LogP contribution in [0.1, 0.15) is 17.7 Å². The van der Waals surface area contributed by atoms with Gasteiger partial charge in [0, 0.05) is 23.1 Å². The number of nitrogens with one attached hydrogen (secondary N) is 1. The SMILES string of the molecule is Cc1cc(Br)ccc1NC(=O)COC(=O)[C@@H]1CC(=O)N(Cc2ccco2)C1. The summed E-state index contributed by atoms with van der Waals surface area (Å²) in [4.78, 5) is 37.8. The van der Waals surface area contributed by atoms with E-state index in [0.29, 0.717) is 18.0 Å². The van der Waals surface area contributed by atoms with Gasteiger partial charge in [0.2, 0.25) is 5.91 Å². The number of hydrogen-bond acceptors (Lipinski definition) is 5. The summed E-state index contributed by atoms with van der Waals surface area (Å²) in [6.07, 6.45) is 1.61. The molecule has 2 aromatic rings. The van der Waals surface area contributed by atoms with E-state index in [1.165, 1.54) is 6.26 Å². The smallest absolute Gasteiger partial charge is 0.311 e. The number of aryl methyl sites for hydroxylation is 1. The first kappa shape index (κ1) is 19.2. The Kier molecular flexibility index (Phi) is 5.95. The van der Waals surface area contributed by atoms with Gasteiger partial charge in [0.15, 0.2) is 6.61 Å². The summed E-state index contributed by atoms with van der Waals surface area (Å²) in [5, 5.41) is 2.70. The van der Waals surface area contributed by atoms with Gasteiger partial charge in [-0.1, -0.05) is 15.9 Å². The molecule has 7 nitrogen and oxygen atoms in total. The van der Waals surface area contributed by atoms with Gasteiger partial charge in [-0.2, -0.15) is 0 Å². The van der Waals surface area contributed by atoms with Crippen molar-refractivity contribution < 1.29 is 23.5 Å². The fourth-order valence-corrected chi connectivity index (χ4v) is 3.36. The van der Waals surface area contributed by atoms with Crippen LogP contribution in [-0.4, -0.2) is 35.8 Å². The van der Waals surface area contributed by atoms with Gasteiger partial charge in [-0.25, -0.2) is 0 Å². The number of anilines is 1. The first-order valence-electron chi connectivity index (χ1n) is 8.45. The molecule has 1 aliphatic heterocycles. The summed E-state index contributed by atoms with van der Waals surface area (Å²) in [5.41, 5.74) is 1.54. The number of amides is 2. The second-order valence-electron chi connectivity index (χ2n) is 6.37. The molecule has 0 unspecified atom stereocenters. The molecule has 1 aliphatic rings. The Balaban J connectivity index is 1.47. The number of ether oxygens (including phenoxy) is 1. The van der Waals surface area contributed by atoms with E-state index < -0.39 is 24.4 Å². The molecule has 1 N–H and O–H groups in total. The van der Waals surface area contributed by atoms with E-state index in [9.17, 15) is 14.4 Å². The van der Waals surface area contributed by atoms with E-state index >= 15 is 0 Å². The molecule has 1 fully saturated rings. The Morgan fingerprint density at radius 2 is 2.19 bits per heavy atom. The van der Waals surface area contributed by atoms with E-state index in [2.05, 4.69) is 21.2 Å². The average Bonchev–Trinajstić information content (AvgIpc) is 3.26. The number of esters is 1. The van der Waals surface area contributed by atoms with Crippen LogP contribution in [0.4, 0.5) is 5.69 Å². The molecule has 1 atom stereocenters. The first-order valence-corrected chi connectivity index (χ1v) is 9.24. The summed E-state index contributed by atoms with van der Waals surface area (Å²) >= 11 is 3.36. The van der Waals surface area contributed by atoms with Gasteiger partial charge in [0.05, 0.1) is 18.7 Å². The van der Waals surface area contributed by atoms with Gasteiger partial charge in [-0.05, 0) is 42.8 Å². The maximum Gasteiger partial charge on any atom is 0.311 e. The third-order valence-corrected chi connectivity index (χ3v) is 4.78. The van der Waals surface area contributed by atoms with Gasteiger partial charge in [0.1, 0.15) is 5.76 Å². The van der Waals surface area contributed by atoms with Crippen molar-refractivity contribution in [2.24, 2.45) is 5.92 Å². The second-order valence-corrected chi connectivity index (χ2v) is 7.29. The number of nitrogens with zero attached hydrogens (tertiary/aromatic N) is 1. The van der Waals surface area contributed by atoms with Gasteiger partial charge >= 0.3 is 5.97 Å². The van der Waals surface area contributed by atoms with Crippen molar-refractivity contribution in [1.29, 1.82) is 0 Å². The largest absolute Gasteiger partial charge is 0.467 e. The monoisotopic (exact) mass is 434 g/mol. The van der Waals surface area contributed by atoms with E-state index in [4.69, 9.17) is 9.15 Å². The highest BCUT2D eigenvalue weighted by Gasteiger charge is 2.35. The fraction of sp³-hybridized carbons (Fsp3) is 0.316. The number of carbonyl (C=O) groups is 3. The lowest BCUT2D eigenvalue weighted by molar-refractivity contribution is -0.151. The topological polar surface area (TPSA) is 88.8 Å². The van der Waals surface area contributed by atoms with Crippen LogP contribution in [0.3, 0.4) is 0 Å². The quantitative estimate of drug-likeness (QED) is 0.705. The molecule has 1 aromatic heterocycles. The number of likely N-dealkylation sites (tertiary alicyclic amines) is 1. The number of halogens is 1. The number of rotatable bonds is 6. The Labute approximate surface area is 164 Å². The lowest BCUT2D eigenvalue weighted by atomic mass is 10.1. The molecule has 0 spiro atoms. The summed E-state index contributed by atoms with van der Waals surface area (Å²) in [7, 11) is 0. The molecule has 8 heteroatoms. The summed E-state index contributed by atoms with van der Waals surface area (Å²) in [6, 6.07) is 8.97. The van der Waals surface area contributed by atoms with Crippen LogP contribution < -0.4 is 5.32 Å². The van der Waals surface area contributed by atoms with Crippen LogP contribution in [0, 0.1) is 12.8 Å². The summed E-state index contributed by atoms with van der Waals surface area (Å²) < 4.78 is 11.2. The minimum atomic E-state index is -0.574. The summed E-state index contributed by atoms with van der Waals surface area (Å²) in [5.74, 6) is -1.03. The van der Waals surface area contributed by atoms with Crippen molar-refractivity contribution >= 4 is 39.4 Å². The molecule has 2 amide bonds. The normalized spacial score (nSPS) is 16.4. The standard InChI is InChI=1S/C19H19BrN2O5/c1-12-7-14(20)4-5-16(12)21-17(23)11-27-19(25)13-8-18(24)22(9-13)10-15-3-2-6-26-15/h2-7,13H,8-11H2,1H3,(H,21,23)/t13-/m1/s1. The highest BCUT2D eigenvalue weighted by molar-refractivity contribution is 9.10. The molecule has 0 aliphatic carbocycles. The molecule has 142 valence electrons. The minimum absolute atomic E-state index is 0.0764. The van der Waals surface area contributed by atoms with Crippen LogP contribution in [0.25, 0.3) is 0 Å². The first-order chi connectivity index (χ1) is 12.9. The molecule has 1 saturated heterocycles. The van der Waals surface area contributed by atoms with E-state index in [0.717, 1.165) is 10.0 Å². The Bertz CT molecular complexity index is 850. The number of carbonyl (C=O) groups excluding carboxylic acids is 3. The lowest BCUT2D eigenvalue weighted by Crippen LogP contribution is -2.28. The van der Waals surface area contributed by atoms with E-state index in [1.54, 1.807) is 23.1 Å². The maximum absolute atomic E-state index is 12.2. The average molecular weight is 435 g/mol. The Morgan fingerprint density at radius 3 is 2.89 bits per heavy atom. The molecule has 1 aromatic carbocycles. The maximum atomic E-state index is 12.2. The molecule has 3 rings (SSSR count). The third-order valence-electron chi connectivity index (χ3n) is 4.28. The van der Waals surface area contributed by atoms with Crippen LogP contribution in [0.2, 0.25) is 0 Å². The molecule has 0 radical (unpaired) electrons. The summed E-state index contributed by atoms with van der Waals surface area (Å²) in [6.45, 7) is 2.05. The molecule has 2 heterocycles. The molecule has 27 heavy (non-hydrogen) atoms. The molecular weight excluding hydrogens is 416 g/mol. The predicted octanol–water partition coefficient (Wildman–Crippen LogP) is 2.88. The third kappa shape index (κ3) is 4.97. The predicted molar refractivity (Wildman–Crippen MR) is 101 cm³/mol. The zero-order valence-electron chi connectivity index (χ0n) is 14.7. The van der Waals surface area contributed by atoms with Gasteiger partial charge < -0.3 is 19.4 Å². The number of furan rings is 1. The van der Waals surface area contributed by atoms with Crippen LogP contribution >= 0.6 is 15.9 Å². The van der Waals surface area contributed by atoms with Gasteiger partial charge in [-0.15, -0.1) is 0 Å². The van der Waals surface area contributed by atoms with Crippen molar-refractivity contribution in [3.05, 3.63) is 52.4 Å². The highest BCUT2D eigenvalue weighted by Crippen LogP contribution is 2.22. The van der Waals surface area contributed by atoms with Gasteiger partial charge in [-0.3, -0.25) is 14.4 Å². The zero-order chi connectivity index (χ0) is 19.4. The highest BCUT2D eigenvalue weighted by atomic mass is 79.9. The van der Waals surface area contributed by atoms with Crippen LogP contribution in [0.5, 0.6) is 0 Å². The van der Waals surface area contributed by atoms with Crippen LogP contribution in [-0.2, 0) is 25.7 Å². The second kappa shape index (κ2) is 8.39. The van der Waals surface area contributed by atoms with Crippen molar-refractivity contribution in [3.63, 3.8) is 0 Å². The molecule has 0 bridgehead atoms. The minimum Gasteiger partial charge on any atom is -0.467 e. The zero-order valence-corrected chi connectivity index (χ0v) is 16.3. The fourth-order valence-electron chi connectivity index (χ4n) is 2.88. The van der Waals surface area contributed by atoms with E-state index in [1.807, 2.05) is 19.1 Å². The van der Waals surface area contributed by atoms with Crippen molar-refractivity contribution in [1.82, 2.24) is 4.90 Å². The van der Waals surface area contributed by atoms with Gasteiger partial charge in [0.25, 0.3) is 5.91 Å². The van der Waals surface area contributed by atoms with Crippen molar-refractivity contribution in [2.75, 3.05) is 18.5 Å². The number of benzene rings is 1. The number of hydrogen-bond donors (Lipinski definition) is 1. The molecular formula is C19H19BrN2O5. The lowest BCUT2D eigenvalue weighted by Gasteiger charge is -2.14. The van der Waals surface area contributed by atoms with E-state index in [-0.39, 0.29) is 18.9 Å².